The number of benzene rings is 2. The zero-order valence-electron chi connectivity index (χ0n) is 27.1. The molecule has 1 aromatic heterocycles. The largest absolute Gasteiger partial charge is 0.497 e. The Labute approximate surface area is 276 Å². The van der Waals surface area contributed by atoms with Crippen LogP contribution in [0.25, 0.3) is 22.2 Å². The molecule has 248 valence electrons. The maximum Gasteiger partial charge on any atom is 0.264 e. The van der Waals surface area contributed by atoms with Gasteiger partial charge < -0.3 is 19.5 Å². The predicted molar refractivity (Wildman–Crippen MR) is 180 cm³/mol. The molecule has 4 atom stereocenters. The van der Waals surface area contributed by atoms with Gasteiger partial charge in [-0.2, -0.15) is 0 Å². The molecule has 9 rings (SSSR count). The molecule has 10 heteroatoms. The van der Waals surface area contributed by atoms with Crippen molar-refractivity contribution in [2.24, 2.45) is 11.3 Å². The van der Waals surface area contributed by atoms with Crippen molar-refractivity contribution in [2.45, 2.75) is 93.9 Å². The first kappa shape index (κ1) is 29.7. The number of nitrogens with zero attached hydrogens (tertiary/aromatic N) is 2. The first-order chi connectivity index (χ1) is 22.8. The van der Waals surface area contributed by atoms with E-state index >= 15 is 0 Å². The molecule has 47 heavy (non-hydrogen) atoms. The van der Waals surface area contributed by atoms with Crippen LogP contribution in [0.4, 0.5) is 0 Å². The van der Waals surface area contributed by atoms with E-state index in [4.69, 9.17) is 4.74 Å². The lowest BCUT2D eigenvalue weighted by molar-refractivity contribution is -0.136. The highest BCUT2D eigenvalue weighted by Gasteiger charge is 2.64. The van der Waals surface area contributed by atoms with Crippen molar-refractivity contribution in [3.05, 3.63) is 53.1 Å². The van der Waals surface area contributed by atoms with Crippen LogP contribution < -0.4 is 14.8 Å². The Hall–Kier alpha value is -3.37. The molecule has 2 N–H and O–H groups in total. The summed E-state index contributed by atoms with van der Waals surface area (Å²) < 4.78 is 35.8. The van der Waals surface area contributed by atoms with Gasteiger partial charge in [-0.05, 0) is 105 Å². The van der Waals surface area contributed by atoms with E-state index in [1.165, 1.54) is 30.4 Å². The number of nitrogens with one attached hydrogen (secondary N) is 2. The van der Waals surface area contributed by atoms with Gasteiger partial charge in [-0.1, -0.05) is 25.3 Å². The van der Waals surface area contributed by atoms with E-state index in [0.29, 0.717) is 42.8 Å². The molecule has 4 unspecified atom stereocenters. The van der Waals surface area contributed by atoms with Crippen molar-refractivity contribution in [1.29, 1.82) is 0 Å². The maximum absolute atomic E-state index is 14.8. The average Bonchev–Trinajstić information content (AvgIpc) is 4.00. The van der Waals surface area contributed by atoms with Crippen molar-refractivity contribution in [3.63, 3.8) is 0 Å². The lowest BCUT2D eigenvalue weighted by Crippen LogP contribution is -2.42. The third kappa shape index (κ3) is 4.76. The molecular formula is C37H44N4O5S. The number of ether oxygens (including phenoxy) is 1. The first-order valence-electron chi connectivity index (χ1n) is 17.7. The highest BCUT2D eigenvalue weighted by Crippen LogP contribution is 2.66. The van der Waals surface area contributed by atoms with E-state index in [2.05, 4.69) is 31.6 Å². The Morgan fingerprint density at radius 1 is 0.979 bits per heavy atom. The van der Waals surface area contributed by atoms with Crippen LogP contribution >= 0.6 is 0 Å². The van der Waals surface area contributed by atoms with Crippen LogP contribution in [0.1, 0.15) is 97.5 Å². The summed E-state index contributed by atoms with van der Waals surface area (Å²) in [4.78, 5) is 30.3. The summed E-state index contributed by atoms with van der Waals surface area (Å²) in [6, 6.07) is 12.4. The maximum atomic E-state index is 14.8. The predicted octanol–water partition coefficient (Wildman–Crippen LogP) is 5.28. The minimum atomic E-state index is -3.68. The summed E-state index contributed by atoms with van der Waals surface area (Å²) in [7, 11) is -1.99. The van der Waals surface area contributed by atoms with Crippen LogP contribution in [0.5, 0.6) is 5.75 Å². The number of carbonyl (C=O) groups excluding carboxylic acids is 2. The molecule has 4 heterocycles. The molecule has 5 fully saturated rings. The minimum absolute atomic E-state index is 0.0833. The van der Waals surface area contributed by atoms with Crippen LogP contribution in [0, 0.1) is 11.3 Å². The number of carbonyl (C=O) groups is 2. The SMILES string of the molecule is COc1ccc2c(c1)C1CC1(C(=O)N1CC3CCCNC3C1)Cn1c-2c(C2CCCCC2)c2ccc(C(=O)NS(=O)(=O)C3CC3)cc21. The molecule has 9 nitrogen and oxygen atoms in total. The normalized spacial score (nSPS) is 28.5. The fourth-order valence-electron chi connectivity index (χ4n) is 9.60. The van der Waals surface area contributed by atoms with Crippen LogP contribution in [0.3, 0.4) is 0 Å². The Kier molecular flexibility index (Phi) is 6.85. The number of sulfonamides is 1. The van der Waals surface area contributed by atoms with E-state index in [1.54, 1.807) is 13.2 Å². The van der Waals surface area contributed by atoms with E-state index in [9.17, 15) is 18.0 Å². The second-order valence-corrected chi connectivity index (χ2v) is 17.1. The van der Waals surface area contributed by atoms with Gasteiger partial charge in [-0.25, -0.2) is 13.1 Å². The molecule has 2 saturated heterocycles. The molecule has 3 saturated carbocycles. The fraction of sp³-hybridized carbons (Fsp3) is 0.568. The molecule has 2 aromatic carbocycles. The second-order valence-electron chi connectivity index (χ2n) is 15.1. The van der Waals surface area contributed by atoms with Gasteiger partial charge in [0.25, 0.3) is 5.91 Å². The number of hydrogen-bond donors (Lipinski definition) is 2. The lowest BCUT2D eigenvalue weighted by atomic mass is 9.81. The molecule has 2 amide bonds. The number of hydrogen-bond acceptors (Lipinski definition) is 6. The number of amides is 2. The Morgan fingerprint density at radius 2 is 1.81 bits per heavy atom. The quantitative estimate of drug-likeness (QED) is 0.374. The third-order valence-corrected chi connectivity index (χ3v) is 14.1. The van der Waals surface area contributed by atoms with Crippen molar-refractivity contribution >= 4 is 32.7 Å². The Balaban J connectivity index is 1.20. The number of aromatic nitrogens is 1. The van der Waals surface area contributed by atoms with Crippen molar-refractivity contribution in [3.8, 4) is 17.0 Å². The second kappa shape index (κ2) is 10.8. The van der Waals surface area contributed by atoms with Gasteiger partial charge in [0.05, 0.1) is 23.5 Å². The Morgan fingerprint density at radius 3 is 2.57 bits per heavy atom. The molecule has 3 aromatic rings. The number of methoxy groups -OCH3 is 1. The summed E-state index contributed by atoms with van der Waals surface area (Å²) in [5.41, 5.74) is 5.46. The fourth-order valence-corrected chi connectivity index (χ4v) is 10.9. The highest BCUT2D eigenvalue weighted by molar-refractivity contribution is 7.91. The molecule has 0 bridgehead atoms. The lowest BCUT2D eigenvalue weighted by Gasteiger charge is -2.25. The molecular weight excluding hydrogens is 612 g/mol. The highest BCUT2D eigenvalue weighted by atomic mass is 32.2. The molecule has 0 radical (unpaired) electrons. The van der Waals surface area contributed by atoms with Gasteiger partial charge >= 0.3 is 0 Å². The zero-order valence-corrected chi connectivity index (χ0v) is 27.9. The Bertz CT molecular complexity index is 1890. The first-order valence-corrected chi connectivity index (χ1v) is 19.3. The van der Waals surface area contributed by atoms with E-state index < -0.39 is 26.6 Å². The van der Waals surface area contributed by atoms with Gasteiger partial charge in [0, 0.05) is 53.6 Å². The summed E-state index contributed by atoms with van der Waals surface area (Å²) in [6.07, 6.45) is 10.1. The number of likely N-dealkylation sites (tertiary alicyclic amines) is 1. The smallest absolute Gasteiger partial charge is 0.264 e. The molecule has 6 aliphatic rings. The van der Waals surface area contributed by atoms with Gasteiger partial charge in [0.1, 0.15) is 5.75 Å². The minimum Gasteiger partial charge on any atom is -0.497 e. The van der Waals surface area contributed by atoms with Crippen LogP contribution in [-0.2, 0) is 21.4 Å². The van der Waals surface area contributed by atoms with Gasteiger partial charge in [-0.3, -0.25) is 9.59 Å². The molecule has 3 aliphatic heterocycles. The third-order valence-electron chi connectivity index (χ3n) is 12.3. The van der Waals surface area contributed by atoms with Crippen LogP contribution in [0.2, 0.25) is 0 Å². The summed E-state index contributed by atoms with van der Waals surface area (Å²) in [5, 5.41) is 4.29. The average molecular weight is 657 g/mol. The monoisotopic (exact) mass is 656 g/mol. The summed E-state index contributed by atoms with van der Waals surface area (Å²) >= 11 is 0. The topological polar surface area (TPSA) is 110 Å². The van der Waals surface area contributed by atoms with Gasteiger partial charge in [0.15, 0.2) is 0 Å². The molecule has 0 spiro atoms. The molecule has 3 aliphatic carbocycles. The van der Waals surface area contributed by atoms with E-state index in [-0.39, 0.29) is 11.8 Å². The van der Waals surface area contributed by atoms with Gasteiger partial charge in [-0.15, -0.1) is 0 Å². The van der Waals surface area contributed by atoms with Crippen LogP contribution in [-0.4, -0.2) is 67.7 Å². The number of fused-ring (bicyclic) bond motifs is 8. The summed E-state index contributed by atoms with van der Waals surface area (Å²) in [5.74, 6) is 1.42. The van der Waals surface area contributed by atoms with Crippen LogP contribution in [0.15, 0.2) is 36.4 Å². The van der Waals surface area contributed by atoms with Crippen molar-refractivity contribution in [2.75, 3.05) is 26.7 Å². The zero-order chi connectivity index (χ0) is 32.1. The van der Waals surface area contributed by atoms with Gasteiger partial charge in [0.2, 0.25) is 15.9 Å². The number of piperidine rings is 1. The number of rotatable bonds is 6. The summed E-state index contributed by atoms with van der Waals surface area (Å²) in [6.45, 7) is 3.12. The van der Waals surface area contributed by atoms with E-state index in [1.807, 2.05) is 18.2 Å². The van der Waals surface area contributed by atoms with E-state index in [0.717, 1.165) is 79.6 Å². The van der Waals surface area contributed by atoms with Crippen molar-refractivity contribution in [1.82, 2.24) is 19.5 Å². The standard InChI is InChI=1S/C37H44N4O5S/c1-46-25-10-14-27-29(17-25)30-18-37(30,36(43)40-19-24-8-5-15-38-31(24)20-40)21-41-32-16-23(35(42)39-47(44,45)26-11-12-26)9-13-28(32)33(34(27)41)22-6-3-2-4-7-22/h9-10,13-14,16-17,22,24,26,30-31,38H,2-8,11-12,15,18-21H2,1H3,(H,39,42). The van der Waals surface area contributed by atoms with Crippen molar-refractivity contribution < 1.29 is 22.7 Å².